The molecule has 0 aliphatic heterocycles. The Bertz CT molecular complexity index is 781. The fraction of sp³-hybridized carbons (Fsp3) is 0.308. The van der Waals surface area contributed by atoms with E-state index in [1.807, 2.05) is 0 Å². The molecule has 24 heavy (non-hydrogen) atoms. The van der Waals surface area contributed by atoms with E-state index in [0.29, 0.717) is 10.0 Å². The third-order valence-corrected chi connectivity index (χ3v) is 4.19. The number of alkyl halides is 3. The van der Waals surface area contributed by atoms with Gasteiger partial charge in [0.05, 0.1) is 13.2 Å². The van der Waals surface area contributed by atoms with Crippen LogP contribution >= 0.6 is 43.5 Å². The van der Waals surface area contributed by atoms with Gasteiger partial charge >= 0.3 is 12.1 Å². The number of aromatic nitrogens is 3. The summed E-state index contributed by atoms with van der Waals surface area (Å²) in [6, 6.07) is 1.58. The van der Waals surface area contributed by atoms with Crippen LogP contribution in [0.2, 0.25) is 5.15 Å². The molecule has 0 bridgehead atoms. The summed E-state index contributed by atoms with van der Waals surface area (Å²) < 4.78 is 45.5. The van der Waals surface area contributed by atoms with Gasteiger partial charge in [-0.05, 0) is 44.8 Å². The molecule has 5 nitrogen and oxygen atoms in total. The van der Waals surface area contributed by atoms with Crippen LogP contribution in [0.3, 0.4) is 0 Å². The van der Waals surface area contributed by atoms with Crippen LogP contribution in [0, 0.1) is 0 Å². The minimum atomic E-state index is -4.78. The highest BCUT2D eigenvalue weighted by atomic mass is 79.9. The first-order valence-corrected chi connectivity index (χ1v) is 8.42. The van der Waals surface area contributed by atoms with Gasteiger partial charge in [0.2, 0.25) is 0 Å². The fourth-order valence-corrected chi connectivity index (χ4v) is 3.09. The van der Waals surface area contributed by atoms with E-state index < -0.39 is 28.0 Å². The number of carbonyl (C=O) groups is 1. The van der Waals surface area contributed by atoms with Gasteiger partial charge in [-0.25, -0.2) is 9.78 Å². The molecule has 0 unspecified atom stereocenters. The maximum absolute atomic E-state index is 13.3. The monoisotopic (exact) mass is 489 g/mol. The molecule has 0 aliphatic carbocycles. The Morgan fingerprint density at radius 2 is 2.08 bits per heavy atom. The van der Waals surface area contributed by atoms with Gasteiger partial charge in [0.1, 0.15) is 15.3 Å². The van der Waals surface area contributed by atoms with Crippen LogP contribution in [0.5, 0.6) is 0 Å². The van der Waals surface area contributed by atoms with Crippen molar-refractivity contribution in [3.63, 3.8) is 0 Å². The molecule has 2 heterocycles. The van der Waals surface area contributed by atoms with Crippen molar-refractivity contribution in [2.75, 3.05) is 6.61 Å². The van der Waals surface area contributed by atoms with Gasteiger partial charge < -0.3 is 4.74 Å². The summed E-state index contributed by atoms with van der Waals surface area (Å²) >= 11 is 11.9. The van der Waals surface area contributed by atoms with Gasteiger partial charge in [0.15, 0.2) is 5.69 Å². The largest absolute Gasteiger partial charge is 0.461 e. The molecular weight excluding hydrogens is 482 g/mol. The minimum Gasteiger partial charge on any atom is -0.461 e. The maximum atomic E-state index is 13.3. The molecule has 2 aromatic rings. The van der Waals surface area contributed by atoms with Crippen molar-refractivity contribution in [3.05, 3.63) is 43.3 Å². The van der Waals surface area contributed by atoms with Crippen molar-refractivity contribution in [1.29, 1.82) is 0 Å². The first kappa shape index (κ1) is 19.2. The summed E-state index contributed by atoms with van der Waals surface area (Å²) in [5.74, 6) is -1.12. The zero-order valence-corrected chi connectivity index (χ0v) is 15.9. The van der Waals surface area contributed by atoms with Gasteiger partial charge in [0.25, 0.3) is 0 Å². The van der Waals surface area contributed by atoms with Crippen molar-refractivity contribution < 1.29 is 22.7 Å². The zero-order valence-electron chi connectivity index (χ0n) is 12.0. The van der Waals surface area contributed by atoms with Crippen LogP contribution in [0.25, 0.3) is 0 Å². The predicted molar refractivity (Wildman–Crippen MR) is 86.9 cm³/mol. The van der Waals surface area contributed by atoms with Gasteiger partial charge in [-0.1, -0.05) is 11.6 Å². The lowest BCUT2D eigenvalue weighted by atomic mass is 10.2. The van der Waals surface area contributed by atoms with Crippen LogP contribution < -0.4 is 0 Å². The SMILES string of the molecule is CCOC(=O)c1c(C(F)(F)F)c(Br)nn1Cc1cc(Br)cnc1Cl. The number of esters is 1. The lowest BCUT2D eigenvalue weighted by Gasteiger charge is -2.11. The molecule has 0 atom stereocenters. The molecule has 0 radical (unpaired) electrons. The number of nitrogens with zero attached hydrogens (tertiary/aromatic N) is 3. The number of hydrogen-bond donors (Lipinski definition) is 0. The number of hydrogen-bond acceptors (Lipinski definition) is 4. The van der Waals surface area contributed by atoms with Crippen LogP contribution in [-0.2, 0) is 17.5 Å². The Balaban J connectivity index is 2.57. The van der Waals surface area contributed by atoms with Crippen LogP contribution in [0.4, 0.5) is 13.2 Å². The summed E-state index contributed by atoms with van der Waals surface area (Å²) in [7, 11) is 0. The summed E-state index contributed by atoms with van der Waals surface area (Å²) in [4.78, 5) is 15.9. The molecule has 0 fully saturated rings. The number of ether oxygens (including phenoxy) is 1. The normalized spacial score (nSPS) is 11.6. The Hall–Kier alpha value is -1.13. The number of rotatable bonds is 4. The van der Waals surface area contributed by atoms with Crippen LogP contribution in [-0.4, -0.2) is 27.3 Å². The second-order valence-electron chi connectivity index (χ2n) is 4.49. The number of carbonyl (C=O) groups excluding carboxylic acids is 1. The van der Waals surface area contributed by atoms with E-state index in [-0.39, 0.29) is 18.3 Å². The third-order valence-electron chi connectivity index (χ3n) is 2.86. The topological polar surface area (TPSA) is 57.0 Å². The fourth-order valence-electron chi connectivity index (χ4n) is 1.94. The lowest BCUT2D eigenvalue weighted by Crippen LogP contribution is -2.19. The van der Waals surface area contributed by atoms with Crippen molar-refractivity contribution in [2.24, 2.45) is 0 Å². The van der Waals surface area contributed by atoms with Crippen LogP contribution in [0.15, 0.2) is 21.3 Å². The predicted octanol–water partition coefficient (Wildman–Crippen LogP) is 4.70. The Morgan fingerprint density at radius 3 is 2.67 bits per heavy atom. The van der Waals surface area contributed by atoms with Gasteiger partial charge in [-0.3, -0.25) is 4.68 Å². The molecule has 0 saturated heterocycles. The van der Waals surface area contributed by atoms with E-state index in [1.54, 1.807) is 6.07 Å². The Morgan fingerprint density at radius 1 is 1.42 bits per heavy atom. The standard InChI is InChI=1S/C13H9Br2ClF3N3O2/c1-2-24-12(23)9-8(13(17,18)19)10(15)21-22(9)5-6-3-7(14)4-20-11(6)16/h3-4H,2,5H2,1H3. The highest BCUT2D eigenvalue weighted by Crippen LogP contribution is 2.38. The molecule has 0 aromatic carbocycles. The second-order valence-corrected chi connectivity index (χ2v) is 6.52. The average Bonchev–Trinajstić information content (AvgIpc) is 2.79. The van der Waals surface area contributed by atoms with Gasteiger partial charge in [-0.2, -0.15) is 18.3 Å². The maximum Gasteiger partial charge on any atom is 0.421 e. The molecule has 11 heteroatoms. The molecule has 2 rings (SSSR count). The van der Waals surface area contributed by atoms with Gasteiger partial charge in [-0.15, -0.1) is 0 Å². The first-order valence-electron chi connectivity index (χ1n) is 6.45. The van der Waals surface area contributed by atoms with E-state index >= 15 is 0 Å². The smallest absolute Gasteiger partial charge is 0.421 e. The molecule has 0 N–H and O–H groups in total. The molecule has 0 aliphatic rings. The Labute approximate surface area is 156 Å². The molecule has 0 saturated carbocycles. The summed E-state index contributed by atoms with van der Waals surface area (Å²) in [6.45, 7) is 1.24. The van der Waals surface area contributed by atoms with Crippen molar-refractivity contribution >= 4 is 49.4 Å². The molecule has 0 amide bonds. The van der Waals surface area contributed by atoms with E-state index in [2.05, 4.69) is 41.9 Å². The van der Waals surface area contributed by atoms with Gasteiger partial charge in [0, 0.05) is 16.2 Å². The molecule has 130 valence electrons. The quantitative estimate of drug-likeness (QED) is 0.460. The van der Waals surface area contributed by atoms with E-state index in [9.17, 15) is 18.0 Å². The highest BCUT2D eigenvalue weighted by molar-refractivity contribution is 9.10. The number of pyridine rings is 1. The Kier molecular flexibility index (Phi) is 5.92. The van der Waals surface area contributed by atoms with E-state index in [1.165, 1.54) is 13.1 Å². The average molecular weight is 491 g/mol. The van der Waals surface area contributed by atoms with E-state index in [4.69, 9.17) is 16.3 Å². The van der Waals surface area contributed by atoms with Crippen molar-refractivity contribution in [1.82, 2.24) is 14.8 Å². The van der Waals surface area contributed by atoms with Crippen LogP contribution in [0.1, 0.15) is 28.5 Å². The number of halogens is 6. The minimum absolute atomic E-state index is 0.0713. The second kappa shape index (κ2) is 7.40. The highest BCUT2D eigenvalue weighted by Gasteiger charge is 2.42. The zero-order chi connectivity index (χ0) is 18.1. The molecule has 2 aromatic heterocycles. The summed E-state index contributed by atoms with van der Waals surface area (Å²) in [5, 5.41) is 3.85. The summed E-state index contributed by atoms with van der Waals surface area (Å²) in [5.41, 5.74) is -1.51. The lowest BCUT2D eigenvalue weighted by molar-refractivity contribution is -0.138. The third kappa shape index (κ3) is 4.09. The first-order chi connectivity index (χ1) is 11.1. The van der Waals surface area contributed by atoms with Crippen molar-refractivity contribution in [2.45, 2.75) is 19.6 Å². The molecule has 0 spiro atoms. The van der Waals surface area contributed by atoms with Crippen molar-refractivity contribution in [3.8, 4) is 0 Å². The molecular formula is C13H9Br2ClF3N3O2. The summed E-state index contributed by atoms with van der Waals surface area (Å²) in [6.07, 6.45) is -3.34. The van der Waals surface area contributed by atoms with E-state index in [0.717, 1.165) is 4.68 Å².